The van der Waals surface area contributed by atoms with E-state index < -0.39 is 0 Å². The molecule has 1 aromatic rings. The molecule has 1 aliphatic rings. The molecule has 1 saturated heterocycles. The first-order valence-electron chi connectivity index (χ1n) is 9.64. The van der Waals surface area contributed by atoms with Crippen LogP contribution in [0.25, 0.3) is 0 Å². The molecular weight excluding hydrogens is 474 g/mol. The summed E-state index contributed by atoms with van der Waals surface area (Å²) in [6.07, 6.45) is 0.616. The molecule has 28 heavy (non-hydrogen) atoms. The highest BCUT2D eigenvalue weighted by atomic mass is 127. The van der Waals surface area contributed by atoms with Crippen molar-refractivity contribution in [1.82, 2.24) is 15.5 Å². The lowest BCUT2D eigenvalue weighted by molar-refractivity contribution is -0.00834. The summed E-state index contributed by atoms with van der Waals surface area (Å²) in [5.74, 6) is 0.653. The second-order valence-electron chi connectivity index (χ2n) is 7.30. The second kappa shape index (κ2) is 12.4. The largest absolute Gasteiger partial charge is 0.486 e. The van der Waals surface area contributed by atoms with Gasteiger partial charge in [-0.1, -0.05) is 19.1 Å². The summed E-state index contributed by atoms with van der Waals surface area (Å²) in [6.45, 7) is 11.2. The SMILES string of the molecule is CCC(CNC(=NC)NCC(C)(C)N1CCOCC1)Oc1ccccc1F.I. The monoisotopic (exact) mass is 508 g/mol. The van der Waals surface area contributed by atoms with Crippen LogP contribution in [0.15, 0.2) is 29.3 Å². The molecule has 2 N–H and O–H groups in total. The first-order valence-corrected chi connectivity index (χ1v) is 9.64. The smallest absolute Gasteiger partial charge is 0.191 e. The van der Waals surface area contributed by atoms with Crippen molar-refractivity contribution in [2.24, 2.45) is 4.99 Å². The third kappa shape index (κ3) is 7.71. The Morgan fingerprint density at radius 1 is 1.29 bits per heavy atom. The zero-order chi connectivity index (χ0) is 19.7. The highest BCUT2D eigenvalue weighted by Crippen LogP contribution is 2.18. The molecule has 0 saturated carbocycles. The number of nitrogens with zero attached hydrogens (tertiary/aromatic N) is 2. The first kappa shape index (κ1) is 24.9. The molecule has 160 valence electrons. The lowest BCUT2D eigenvalue weighted by atomic mass is 10.0. The van der Waals surface area contributed by atoms with E-state index in [-0.39, 0.29) is 47.2 Å². The molecule has 1 aromatic carbocycles. The minimum absolute atomic E-state index is 0. The van der Waals surface area contributed by atoms with Crippen LogP contribution in [0.1, 0.15) is 27.2 Å². The zero-order valence-corrected chi connectivity index (χ0v) is 19.7. The molecule has 1 unspecified atom stereocenters. The molecule has 1 aliphatic heterocycles. The molecule has 6 nitrogen and oxygen atoms in total. The third-order valence-corrected chi connectivity index (χ3v) is 4.86. The van der Waals surface area contributed by atoms with Crippen molar-refractivity contribution >= 4 is 29.9 Å². The summed E-state index contributed by atoms with van der Waals surface area (Å²) in [6, 6.07) is 6.48. The van der Waals surface area contributed by atoms with E-state index in [2.05, 4.69) is 34.4 Å². The van der Waals surface area contributed by atoms with E-state index in [1.54, 1.807) is 25.2 Å². The summed E-state index contributed by atoms with van der Waals surface area (Å²) in [7, 11) is 1.75. The fourth-order valence-corrected chi connectivity index (χ4v) is 3.00. The maximum atomic E-state index is 13.8. The number of halogens is 2. The van der Waals surface area contributed by atoms with E-state index in [0.29, 0.717) is 12.5 Å². The van der Waals surface area contributed by atoms with Crippen LogP contribution in [0.3, 0.4) is 0 Å². The quantitative estimate of drug-likeness (QED) is 0.322. The van der Waals surface area contributed by atoms with E-state index >= 15 is 0 Å². The molecule has 0 aromatic heterocycles. The van der Waals surface area contributed by atoms with E-state index in [1.165, 1.54) is 6.07 Å². The van der Waals surface area contributed by atoms with E-state index in [9.17, 15) is 4.39 Å². The van der Waals surface area contributed by atoms with Crippen molar-refractivity contribution < 1.29 is 13.9 Å². The van der Waals surface area contributed by atoms with Crippen LogP contribution in [0.2, 0.25) is 0 Å². The average molecular weight is 508 g/mol. The van der Waals surface area contributed by atoms with Crippen LogP contribution in [0.4, 0.5) is 4.39 Å². The Bertz CT molecular complexity index is 610. The second-order valence-corrected chi connectivity index (χ2v) is 7.30. The molecule has 8 heteroatoms. The molecule has 0 bridgehead atoms. The van der Waals surface area contributed by atoms with Crippen LogP contribution >= 0.6 is 24.0 Å². The fourth-order valence-electron chi connectivity index (χ4n) is 3.00. The van der Waals surface area contributed by atoms with Gasteiger partial charge in [-0.2, -0.15) is 0 Å². The van der Waals surface area contributed by atoms with E-state index in [0.717, 1.165) is 39.3 Å². The minimum Gasteiger partial charge on any atom is -0.486 e. The van der Waals surface area contributed by atoms with Gasteiger partial charge in [-0.3, -0.25) is 9.89 Å². The Labute approximate surface area is 185 Å². The summed E-state index contributed by atoms with van der Waals surface area (Å²) in [5, 5.41) is 6.67. The number of hydrogen-bond acceptors (Lipinski definition) is 4. The van der Waals surface area contributed by atoms with Gasteiger partial charge in [-0.05, 0) is 32.4 Å². The number of rotatable bonds is 8. The minimum atomic E-state index is -0.342. The average Bonchev–Trinajstić information content (AvgIpc) is 2.69. The lowest BCUT2D eigenvalue weighted by Gasteiger charge is -2.41. The van der Waals surface area contributed by atoms with Crippen LogP contribution in [-0.2, 0) is 4.74 Å². The summed E-state index contributed by atoms with van der Waals surface area (Å²) >= 11 is 0. The third-order valence-electron chi connectivity index (χ3n) is 4.86. The van der Waals surface area contributed by atoms with E-state index in [1.807, 2.05) is 6.92 Å². The highest BCUT2D eigenvalue weighted by Gasteiger charge is 2.28. The number of guanidine groups is 1. The molecule has 1 fully saturated rings. The van der Waals surface area contributed by atoms with Gasteiger partial charge < -0.3 is 20.1 Å². The Balaban J connectivity index is 0.00000392. The number of benzene rings is 1. The first-order chi connectivity index (χ1) is 13.0. The van der Waals surface area contributed by atoms with Crippen LogP contribution in [-0.4, -0.2) is 68.9 Å². The number of para-hydroxylation sites is 1. The van der Waals surface area contributed by atoms with Crippen LogP contribution < -0.4 is 15.4 Å². The number of ether oxygens (including phenoxy) is 2. The van der Waals surface area contributed by atoms with Crippen molar-refractivity contribution in [1.29, 1.82) is 0 Å². The van der Waals surface area contributed by atoms with Gasteiger partial charge in [-0.15, -0.1) is 24.0 Å². The van der Waals surface area contributed by atoms with Gasteiger partial charge in [0.05, 0.1) is 19.8 Å². The Hall–Kier alpha value is -1.13. The predicted octanol–water partition coefficient (Wildman–Crippen LogP) is 2.88. The topological polar surface area (TPSA) is 58.1 Å². The predicted molar refractivity (Wildman–Crippen MR) is 122 cm³/mol. The van der Waals surface area contributed by atoms with Gasteiger partial charge >= 0.3 is 0 Å². The van der Waals surface area contributed by atoms with Crippen molar-refractivity contribution in [2.75, 3.05) is 46.4 Å². The van der Waals surface area contributed by atoms with Gasteiger partial charge in [0.15, 0.2) is 17.5 Å². The van der Waals surface area contributed by atoms with Gasteiger partial charge in [0, 0.05) is 32.2 Å². The maximum absolute atomic E-state index is 13.8. The van der Waals surface area contributed by atoms with Gasteiger partial charge in [-0.25, -0.2) is 4.39 Å². The molecule has 0 radical (unpaired) electrons. The lowest BCUT2D eigenvalue weighted by Crippen LogP contribution is -2.56. The van der Waals surface area contributed by atoms with Crippen molar-refractivity contribution in [3.05, 3.63) is 30.1 Å². The summed E-state index contributed by atoms with van der Waals surface area (Å²) in [4.78, 5) is 6.71. The zero-order valence-electron chi connectivity index (χ0n) is 17.3. The molecule has 1 atom stereocenters. The van der Waals surface area contributed by atoms with Gasteiger partial charge in [0.25, 0.3) is 0 Å². The molecule has 0 spiro atoms. The number of aliphatic imine (C=N–C) groups is 1. The Morgan fingerprint density at radius 2 is 1.96 bits per heavy atom. The number of nitrogens with one attached hydrogen (secondary N) is 2. The van der Waals surface area contributed by atoms with Crippen molar-refractivity contribution in [3.8, 4) is 5.75 Å². The molecular formula is C20H34FIN4O2. The standard InChI is InChI=1S/C20H33FN4O2.HI/c1-5-16(27-18-9-7-6-8-17(18)21)14-23-19(22-4)24-15-20(2,3)25-10-12-26-13-11-25;/h6-9,16H,5,10-15H2,1-4H3,(H2,22,23,24);1H. The van der Waals surface area contributed by atoms with Crippen LogP contribution in [0.5, 0.6) is 5.75 Å². The van der Waals surface area contributed by atoms with Gasteiger partial charge in [0.1, 0.15) is 6.10 Å². The maximum Gasteiger partial charge on any atom is 0.191 e. The van der Waals surface area contributed by atoms with Crippen molar-refractivity contribution in [3.63, 3.8) is 0 Å². The number of morpholine rings is 1. The normalized spacial score (nSPS) is 16.8. The molecule has 0 aliphatic carbocycles. The summed E-state index contributed by atoms with van der Waals surface area (Å²) < 4.78 is 25.0. The highest BCUT2D eigenvalue weighted by molar-refractivity contribution is 14.0. The number of hydrogen-bond donors (Lipinski definition) is 2. The van der Waals surface area contributed by atoms with Gasteiger partial charge in [0.2, 0.25) is 0 Å². The van der Waals surface area contributed by atoms with Crippen molar-refractivity contribution in [2.45, 2.75) is 38.8 Å². The summed E-state index contributed by atoms with van der Waals surface area (Å²) in [5.41, 5.74) is -0.00474. The molecule has 2 rings (SSSR count). The molecule has 0 amide bonds. The Kier molecular flexibility index (Phi) is 11.1. The van der Waals surface area contributed by atoms with Crippen LogP contribution in [0, 0.1) is 5.82 Å². The van der Waals surface area contributed by atoms with E-state index in [4.69, 9.17) is 9.47 Å². The fraction of sp³-hybridized carbons (Fsp3) is 0.650. The molecule has 1 heterocycles. The Morgan fingerprint density at radius 3 is 2.57 bits per heavy atom.